The number of aliphatic hydroxyl groups excluding tert-OH is 4. The van der Waals surface area contributed by atoms with Crippen LogP contribution in [0.3, 0.4) is 0 Å². The van der Waals surface area contributed by atoms with E-state index >= 15 is 0 Å². The topological polar surface area (TPSA) is 120 Å². The van der Waals surface area contributed by atoms with Gasteiger partial charge in [0, 0.05) is 10.6 Å². The number of imidazole rings is 1. The molecule has 2 aromatic carbocycles. The fourth-order valence-electron chi connectivity index (χ4n) is 3.58. The first-order valence-electron chi connectivity index (χ1n) is 10.0. The molecule has 1 aromatic heterocycles. The Morgan fingerprint density at radius 3 is 2.50 bits per heavy atom. The Morgan fingerprint density at radius 1 is 1.06 bits per heavy atom. The maximum atomic E-state index is 10.5. The van der Waals surface area contributed by atoms with E-state index in [4.69, 9.17) is 16.3 Å². The maximum absolute atomic E-state index is 10.5. The Hall–Kier alpha value is -2.11. The second-order valence-electron chi connectivity index (χ2n) is 7.47. The van der Waals surface area contributed by atoms with E-state index in [-0.39, 0.29) is 0 Å². The molecular weight excluding hydrogens is 454 g/mol. The zero-order valence-electron chi connectivity index (χ0n) is 17.2. The number of ether oxygens (including phenoxy) is 1. The maximum Gasteiger partial charge on any atom is 0.190 e. The van der Waals surface area contributed by atoms with Crippen LogP contribution in [-0.4, -0.2) is 66.5 Å². The van der Waals surface area contributed by atoms with Gasteiger partial charge in [-0.25, -0.2) is 9.66 Å². The van der Waals surface area contributed by atoms with E-state index in [0.717, 1.165) is 34.4 Å². The molecule has 32 heavy (non-hydrogen) atoms. The SMILES string of the molecule is Cc1nc(S[C@@H]2O[C@H](CO)[C@@H](O)[C@H](O)[C@H]2O)n(Nc2cccc(Cl)c2)c1-c1ccccc1. The predicted octanol–water partition coefficient (Wildman–Crippen LogP) is 2.28. The molecule has 1 fully saturated rings. The largest absolute Gasteiger partial charge is 0.394 e. The summed E-state index contributed by atoms with van der Waals surface area (Å²) >= 11 is 7.23. The van der Waals surface area contributed by atoms with E-state index in [0.29, 0.717) is 10.2 Å². The van der Waals surface area contributed by atoms with E-state index in [1.54, 1.807) is 16.8 Å². The number of halogens is 1. The molecule has 2 heterocycles. The highest BCUT2D eigenvalue weighted by Gasteiger charge is 2.44. The molecule has 10 heteroatoms. The van der Waals surface area contributed by atoms with Gasteiger partial charge in [0.05, 0.1) is 23.7 Å². The smallest absolute Gasteiger partial charge is 0.190 e. The number of nitrogens with zero attached hydrogens (tertiary/aromatic N) is 2. The number of hydrogen-bond acceptors (Lipinski definition) is 8. The van der Waals surface area contributed by atoms with Gasteiger partial charge in [0.2, 0.25) is 0 Å². The Morgan fingerprint density at radius 2 is 1.81 bits per heavy atom. The molecule has 0 saturated carbocycles. The quantitative estimate of drug-likeness (QED) is 0.367. The van der Waals surface area contributed by atoms with Crippen molar-refractivity contribution in [2.45, 2.75) is 41.9 Å². The van der Waals surface area contributed by atoms with Crippen LogP contribution in [0.25, 0.3) is 11.3 Å². The molecule has 3 aromatic rings. The number of aliphatic hydroxyl groups is 4. The summed E-state index contributed by atoms with van der Waals surface area (Å²) in [6.07, 6.45) is -5.25. The number of thioether (sulfide) groups is 1. The fourth-order valence-corrected chi connectivity index (χ4v) is 4.91. The minimum atomic E-state index is -1.46. The number of nitrogens with one attached hydrogen (secondary N) is 1. The molecule has 1 aliphatic rings. The van der Waals surface area contributed by atoms with Crippen LogP contribution in [0.5, 0.6) is 0 Å². The van der Waals surface area contributed by atoms with Crippen LogP contribution in [-0.2, 0) is 4.74 Å². The third-order valence-electron chi connectivity index (χ3n) is 5.20. The Labute approximate surface area is 194 Å². The van der Waals surface area contributed by atoms with Crippen molar-refractivity contribution in [1.29, 1.82) is 0 Å². The molecule has 0 aliphatic carbocycles. The summed E-state index contributed by atoms with van der Waals surface area (Å²) in [5.74, 6) is 0. The molecule has 0 amide bonds. The number of aromatic nitrogens is 2. The number of anilines is 1. The summed E-state index contributed by atoms with van der Waals surface area (Å²) in [6.45, 7) is 1.38. The van der Waals surface area contributed by atoms with Crippen molar-refractivity contribution < 1.29 is 25.2 Å². The van der Waals surface area contributed by atoms with Gasteiger partial charge >= 0.3 is 0 Å². The molecule has 4 rings (SSSR count). The number of rotatable bonds is 6. The van der Waals surface area contributed by atoms with Crippen molar-refractivity contribution in [2.24, 2.45) is 0 Å². The fraction of sp³-hybridized carbons (Fsp3) is 0.318. The molecule has 1 saturated heterocycles. The molecule has 0 unspecified atom stereocenters. The Kier molecular flexibility index (Phi) is 7.06. The van der Waals surface area contributed by atoms with Crippen molar-refractivity contribution in [2.75, 3.05) is 12.0 Å². The van der Waals surface area contributed by atoms with Gasteiger partial charge in [0.25, 0.3) is 0 Å². The molecule has 170 valence electrons. The van der Waals surface area contributed by atoms with E-state index in [1.807, 2.05) is 49.4 Å². The van der Waals surface area contributed by atoms with Crippen LogP contribution < -0.4 is 5.43 Å². The van der Waals surface area contributed by atoms with E-state index in [2.05, 4.69) is 10.4 Å². The van der Waals surface area contributed by atoms with Gasteiger partial charge in [0.1, 0.15) is 29.9 Å². The summed E-state index contributed by atoms with van der Waals surface area (Å²) in [5, 5.41) is 41.2. The average molecular weight is 478 g/mol. The van der Waals surface area contributed by atoms with Crippen LogP contribution in [0.1, 0.15) is 5.69 Å². The van der Waals surface area contributed by atoms with Gasteiger partial charge in [-0.3, -0.25) is 5.43 Å². The molecule has 5 N–H and O–H groups in total. The molecule has 0 bridgehead atoms. The molecule has 0 radical (unpaired) electrons. The second kappa shape index (κ2) is 9.80. The highest BCUT2D eigenvalue weighted by molar-refractivity contribution is 7.99. The summed E-state index contributed by atoms with van der Waals surface area (Å²) in [5.41, 5.74) is 5.53. The van der Waals surface area contributed by atoms with Crippen molar-refractivity contribution in [1.82, 2.24) is 9.66 Å². The second-order valence-corrected chi connectivity index (χ2v) is 8.97. The Bertz CT molecular complexity index is 1060. The van der Waals surface area contributed by atoms with Gasteiger partial charge in [-0.15, -0.1) is 0 Å². The standard InChI is InChI=1S/C22H24ClN3O5S/c1-12-17(13-6-3-2-4-7-13)26(25-15-9-5-8-14(23)10-15)22(24-12)32-21-20(30)19(29)18(28)16(11-27)31-21/h2-10,16,18-21,25,27-30H,11H2,1H3/t16-,18-,19+,20-,21+/m1/s1. The Balaban J connectivity index is 1.73. The van der Waals surface area contributed by atoms with Gasteiger partial charge in [-0.1, -0.05) is 59.8 Å². The van der Waals surface area contributed by atoms with Crippen molar-refractivity contribution in [3.05, 3.63) is 65.3 Å². The molecular formula is C22H24ClN3O5S. The monoisotopic (exact) mass is 477 g/mol. The summed E-state index contributed by atoms with van der Waals surface area (Å²) in [4.78, 5) is 4.66. The normalized spacial score (nSPS) is 25.6. The van der Waals surface area contributed by atoms with Crippen LogP contribution in [0.2, 0.25) is 5.02 Å². The first-order chi connectivity index (χ1) is 15.4. The van der Waals surface area contributed by atoms with Crippen LogP contribution in [0.15, 0.2) is 59.8 Å². The van der Waals surface area contributed by atoms with Gasteiger partial charge in [0.15, 0.2) is 5.16 Å². The lowest BCUT2D eigenvalue weighted by molar-refractivity contribution is -0.205. The van der Waals surface area contributed by atoms with E-state index in [1.165, 1.54) is 0 Å². The third kappa shape index (κ3) is 4.65. The number of aryl methyl sites for hydroxylation is 1. The first-order valence-corrected chi connectivity index (χ1v) is 11.3. The van der Waals surface area contributed by atoms with E-state index < -0.39 is 36.5 Å². The average Bonchev–Trinajstić information content (AvgIpc) is 3.09. The summed E-state index contributed by atoms with van der Waals surface area (Å²) in [7, 11) is 0. The van der Waals surface area contributed by atoms with Gasteiger partial charge in [-0.05, 0) is 25.1 Å². The molecule has 1 aliphatic heterocycles. The van der Waals surface area contributed by atoms with Crippen molar-refractivity contribution >= 4 is 29.1 Å². The lowest BCUT2D eigenvalue weighted by atomic mass is 10.0. The summed E-state index contributed by atoms with van der Waals surface area (Å²) in [6, 6.07) is 16.9. The number of benzene rings is 2. The minimum Gasteiger partial charge on any atom is -0.394 e. The zero-order valence-corrected chi connectivity index (χ0v) is 18.7. The molecule has 8 nitrogen and oxygen atoms in total. The van der Waals surface area contributed by atoms with E-state index in [9.17, 15) is 20.4 Å². The lowest BCUT2D eigenvalue weighted by Gasteiger charge is -2.39. The highest BCUT2D eigenvalue weighted by Crippen LogP contribution is 2.36. The van der Waals surface area contributed by atoms with Crippen LogP contribution >= 0.6 is 23.4 Å². The van der Waals surface area contributed by atoms with Gasteiger partial charge in [-0.2, -0.15) is 0 Å². The minimum absolute atomic E-state index is 0.464. The van der Waals surface area contributed by atoms with Crippen LogP contribution in [0.4, 0.5) is 5.69 Å². The first kappa shape index (κ1) is 23.1. The van der Waals surface area contributed by atoms with Crippen LogP contribution in [0, 0.1) is 6.92 Å². The van der Waals surface area contributed by atoms with Crippen molar-refractivity contribution in [3.63, 3.8) is 0 Å². The molecule has 5 atom stereocenters. The number of hydrogen-bond donors (Lipinski definition) is 5. The third-order valence-corrected chi connectivity index (χ3v) is 6.55. The predicted molar refractivity (Wildman–Crippen MR) is 122 cm³/mol. The highest BCUT2D eigenvalue weighted by atomic mass is 35.5. The molecule has 0 spiro atoms. The van der Waals surface area contributed by atoms with Crippen molar-refractivity contribution in [3.8, 4) is 11.3 Å². The zero-order chi connectivity index (χ0) is 22.8. The lowest BCUT2D eigenvalue weighted by Crippen LogP contribution is -2.57. The summed E-state index contributed by atoms with van der Waals surface area (Å²) < 4.78 is 7.43. The van der Waals surface area contributed by atoms with Gasteiger partial charge < -0.3 is 25.2 Å².